The SMILES string of the molecule is COc1ccc2c(c1)CCCC2NC(=O)C1CCCN(Cc2nc(-c3ccccc3C)no2)C1. The van der Waals surface area contributed by atoms with Gasteiger partial charge in [0.2, 0.25) is 17.6 Å². The van der Waals surface area contributed by atoms with Crippen LogP contribution in [0, 0.1) is 12.8 Å². The standard InChI is InChI=1S/C27H32N4O3/c1-18-7-3-4-10-22(18)26-29-25(34-30-26)17-31-14-6-9-20(16-31)27(32)28-24-11-5-8-19-15-21(33-2)12-13-23(19)24/h3-4,7,10,12-13,15,20,24H,5-6,8-9,11,14,16-17H2,1-2H3,(H,28,32). The molecule has 178 valence electrons. The van der Waals surface area contributed by atoms with Gasteiger partial charge in [-0.25, -0.2) is 0 Å². The zero-order chi connectivity index (χ0) is 23.5. The minimum Gasteiger partial charge on any atom is -0.497 e. The number of hydrogen-bond donors (Lipinski definition) is 1. The lowest BCUT2D eigenvalue weighted by molar-refractivity contribution is -0.127. The van der Waals surface area contributed by atoms with Crippen molar-refractivity contribution in [1.29, 1.82) is 0 Å². The Hall–Kier alpha value is -3.19. The fourth-order valence-electron chi connectivity index (χ4n) is 5.21. The highest BCUT2D eigenvalue weighted by atomic mass is 16.5. The van der Waals surface area contributed by atoms with Crippen LogP contribution in [0.1, 0.15) is 54.3 Å². The molecule has 0 radical (unpaired) electrons. The molecule has 34 heavy (non-hydrogen) atoms. The number of ether oxygens (including phenoxy) is 1. The van der Waals surface area contributed by atoms with Crippen LogP contribution in [0.25, 0.3) is 11.4 Å². The highest BCUT2D eigenvalue weighted by molar-refractivity contribution is 5.79. The molecule has 1 aromatic heterocycles. The fraction of sp³-hybridized carbons (Fsp3) is 0.444. The first-order chi connectivity index (χ1) is 16.6. The fourth-order valence-corrected chi connectivity index (χ4v) is 5.21. The van der Waals surface area contributed by atoms with Crippen LogP contribution in [0.15, 0.2) is 47.0 Å². The summed E-state index contributed by atoms with van der Waals surface area (Å²) in [5.41, 5.74) is 4.61. The Morgan fingerprint density at radius 1 is 1.21 bits per heavy atom. The van der Waals surface area contributed by atoms with Crippen LogP contribution in [-0.4, -0.2) is 41.1 Å². The summed E-state index contributed by atoms with van der Waals surface area (Å²) < 4.78 is 10.9. The zero-order valence-electron chi connectivity index (χ0n) is 19.9. The second-order valence-corrected chi connectivity index (χ2v) is 9.42. The van der Waals surface area contributed by atoms with Crippen molar-refractivity contribution < 1.29 is 14.1 Å². The van der Waals surface area contributed by atoms with E-state index in [9.17, 15) is 4.79 Å². The molecule has 0 bridgehead atoms. The molecule has 5 rings (SSSR count). The lowest BCUT2D eigenvalue weighted by atomic mass is 9.86. The third-order valence-electron chi connectivity index (χ3n) is 7.07. The maximum atomic E-state index is 13.2. The average molecular weight is 461 g/mol. The number of likely N-dealkylation sites (tertiary alicyclic amines) is 1. The Morgan fingerprint density at radius 2 is 2.09 bits per heavy atom. The number of aromatic nitrogens is 2. The van der Waals surface area contributed by atoms with Crippen molar-refractivity contribution >= 4 is 5.91 Å². The molecular formula is C27H32N4O3. The number of hydrogen-bond acceptors (Lipinski definition) is 6. The highest BCUT2D eigenvalue weighted by Crippen LogP contribution is 2.33. The molecule has 0 saturated carbocycles. The van der Waals surface area contributed by atoms with E-state index >= 15 is 0 Å². The smallest absolute Gasteiger partial charge is 0.241 e. The monoisotopic (exact) mass is 460 g/mol. The molecule has 2 aliphatic rings. The summed E-state index contributed by atoms with van der Waals surface area (Å²) in [5, 5.41) is 7.52. The molecule has 3 aromatic rings. The summed E-state index contributed by atoms with van der Waals surface area (Å²) in [7, 11) is 1.69. The molecule has 2 atom stereocenters. The molecule has 2 aromatic carbocycles. The Labute approximate surface area is 200 Å². The van der Waals surface area contributed by atoms with Crippen LogP contribution in [-0.2, 0) is 17.8 Å². The number of carbonyl (C=O) groups excluding carboxylic acids is 1. The maximum absolute atomic E-state index is 13.2. The lowest BCUT2D eigenvalue weighted by Gasteiger charge is -2.33. The van der Waals surface area contributed by atoms with E-state index in [2.05, 4.69) is 32.5 Å². The van der Waals surface area contributed by atoms with Crippen LogP contribution in [0.3, 0.4) is 0 Å². The van der Waals surface area contributed by atoms with Gasteiger partial charge in [-0.15, -0.1) is 0 Å². The number of rotatable bonds is 6. The van der Waals surface area contributed by atoms with Crippen LogP contribution in [0.2, 0.25) is 0 Å². The van der Waals surface area contributed by atoms with E-state index in [0.29, 0.717) is 24.8 Å². The van der Waals surface area contributed by atoms with Crippen LogP contribution < -0.4 is 10.1 Å². The van der Waals surface area contributed by atoms with Gasteiger partial charge in [0.25, 0.3) is 0 Å². The molecule has 2 heterocycles. The molecule has 1 aliphatic carbocycles. The van der Waals surface area contributed by atoms with Crippen molar-refractivity contribution in [2.45, 2.75) is 51.6 Å². The Kier molecular flexibility index (Phi) is 6.63. The van der Waals surface area contributed by atoms with Gasteiger partial charge in [-0.3, -0.25) is 9.69 Å². The van der Waals surface area contributed by atoms with E-state index in [1.807, 2.05) is 37.3 Å². The number of nitrogens with zero attached hydrogens (tertiary/aromatic N) is 3. The van der Waals surface area contributed by atoms with E-state index in [0.717, 1.165) is 55.5 Å². The molecular weight excluding hydrogens is 428 g/mol. The predicted molar refractivity (Wildman–Crippen MR) is 129 cm³/mol. The predicted octanol–water partition coefficient (Wildman–Crippen LogP) is 4.46. The molecule has 0 spiro atoms. The summed E-state index contributed by atoms with van der Waals surface area (Å²) in [6.45, 7) is 4.24. The summed E-state index contributed by atoms with van der Waals surface area (Å²) in [6.07, 6.45) is 4.97. The van der Waals surface area contributed by atoms with Gasteiger partial charge in [0.05, 0.1) is 25.6 Å². The first-order valence-corrected chi connectivity index (χ1v) is 12.2. The number of piperidine rings is 1. The van der Waals surface area contributed by atoms with Crippen molar-refractivity contribution in [3.05, 3.63) is 65.0 Å². The van der Waals surface area contributed by atoms with Crippen molar-refractivity contribution in [3.8, 4) is 17.1 Å². The summed E-state index contributed by atoms with van der Waals surface area (Å²) in [4.78, 5) is 20.1. The van der Waals surface area contributed by atoms with Gasteiger partial charge < -0.3 is 14.6 Å². The van der Waals surface area contributed by atoms with Gasteiger partial charge >= 0.3 is 0 Å². The summed E-state index contributed by atoms with van der Waals surface area (Å²) in [5.74, 6) is 2.20. The number of carbonyl (C=O) groups is 1. The van der Waals surface area contributed by atoms with Crippen molar-refractivity contribution in [2.75, 3.05) is 20.2 Å². The number of amides is 1. The molecule has 1 aliphatic heterocycles. The third kappa shape index (κ3) is 4.85. The summed E-state index contributed by atoms with van der Waals surface area (Å²) >= 11 is 0. The average Bonchev–Trinajstić information content (AvgIpc) is 3.32. The molecule has 1 N–H and O–H groups in total. The first kappa shape index (κ1) is 22.6. The number of benzene rings is 2. The molecule has 1 saturated heterocycles. The van der Waals surface area contributed by atoms with E-state index < -0.39 is 0 Å². The number of nitrogens with one attached hydrogen (secondary N) is 1. The minimum atomic E-state index is -0.0314. The third-order valence-corrected chi connectivity index (χ3v) is 7.07. The van der Waals surface area contributed by atoms with Crippen molar-refractivity contribution in [2.24, 2.45) is 5.92 Å². The first-order valence-electron chi connectivity index (χ1n) is 12.2. The Morgan fingerprint density at radius 3 is 2.94 bits per heavy atom. The van der Waals surface area contributed by atoms with E-state index in [1.165, 1.54) is 11.1 Å². The van der Waals surface area contributed by atoms with Gasteiger partial charge in [-0.2, -0.15) is 4.98 Å². The van der Waals surface area contributed by atoms with E-state index in [1.54, 1.807) is 7.11 Å². The zero-order valence-corrected chi connectivity index (χ0v) is 19.9. The molecule has 7 heteroatoms. The van der Waals surface area contributed by atoms with Crippen LogP contribution in [0.4, 0.5) is 0 Å². The second-order valence-electron chi connectivity index (χ2n) is 9.42. The summed E-state index contributed by atoms with van der Waals surface area (Å²) in [6, 6.07) is 14.3. The largest absolute Gasteiger partial charge is 0.497 e. The highest BCUT2D eigenvalue weighted by Gasteiger charge is 2.30. The second kappa shape index (κ2) is 9.97. The van der Waals surface area contributed by atoms with Gasteiger partial charge in [0.15, 0.2) is 0 Å². The number of aryl methyl sites for hydroxylation is 2. The lowest BCUT2D eigenvalue weighted by Crippen LogP contribution is -2.44. The van der Waals surface area contributed by atoms with Gasteiger partial charge in [0.1, 0.15) is 5.75 Å². The van der Waals surface area contributed by atoms with E-state index in [-0.39, 0.29) is 17.9 Å². The van der Waals surface area contributed by atoms with Crippen LogP contribution in [0.5, 0.6) is 5.75 Å². The van der Waals surface area contributed by atoms with Crippen LogP contribution >= 0.6 is 0 Å². The van der Waals surface area contributed by atoms with Crippen molar-refractivity contribution in [3.63, 3.8) is 0 Å². The molecule has 2 unspecified atom stereocenters. The normalized spacial score (nSPS) is 20.5. The topological polar surface area (TPSA) is 80.5 Å². The molecule has 7 nitrogen and oxygen atoms in total. The van der Waals surface area contributed by atoms with Gasteiger partial charge in [0, 0.05) is 12.1 Å². The molecule has 1 fully saturated rings. The Bertz CT molecular complexity index is 1160. The van der Waals surface area contributed by atoms with E-state index in [4.69, 9.17) is 9.26 Å². The quantitative estimate of drug-likeness (QED) is 0.585. The molecule has 1 amide bonds. The number of methoxy groups -OCH3 is 1. The van der Waals surface area contributed by atoms with Crippen molar-refractivity contribution in [1.82, 2.24) is 20.4 Å². The Balaban J connectivity index is 1.21. The minimum absolute atomic E-state index is 0.0314. The number of fused-ring (bicyclic) bond motifs is 1. The maximum Gasteiger partial charge on any atom is 0.241 e. The van der Waals surface area contributed by atoms with Gasteiger partial charge in [-0.1, -0.05) is 35.5 Å². The van der Waals surface area contributed by atoms with Gasteiger partial charge in [-0.05, 0) is 74.4 Å².